The van der Waals surface area contributed by atoms with E-state index in [1.165, 1.54) is 76.9 Å². The van der Waals surface area contributed by atoms with Gasteiger partial charge < -0.3 is 4.90 Å². The first kappa shape index (κ1) is 14.6. The minimum atomic E-state index is 1.17. The van der Waals surface area contributed by atoms with E-state index in [1.54, 1.807) is 0 Å². The van der Waals surface area contributed by atoms with E-state index in [0.717, 1.165) is 0 Å². The summed E-state index contributed by atoms with van der Waals surface area (Å²) in [7, 11) is 0. The number of allylic oxidation sites excluding steroid dienone is 1. The van der Waals surface area contributed by atoms with E-state index in [2.05, 4.69) is 30.2 Å². The molecular weight excluding hydrogens is 208 g/mol. The van der Waals surface area contributed by atoms with Crippen molar-refractivity contribution in [3.63, 3.8) is 0 Å². The lowest BCUT2D eigenvalue weighted by atomic mass is 10.1. The zero-order valence-corrected chi connectivity index (χ0v) is 11.9. The van der Waals surface area contributed by atoms with E-state index in [4.69, 9.17) is 0 Å². The molecule has 2 heteroatoms. The van der Waals surface area contributed by atoms with Gasteiger partial charge in [-0.1, -0.05) is 45.6 Å². The summed E-state index contributed by atoms with van der Waals surface area (Å²) in [6.45, 7) is 14.5. The summed E-state index contributed by atoms with van der Waals surface area (Å²) in [6, 6.07) is 0. The molecule has 0 unspecified atom stereocenters. The highest BCUT2D eigenvalue weighted by molar-refractivity contribution is 4.91. The van der Waals surface area contributed by atoms with Crippen molar-refractivity contribution in [3.8, 4) is 0 Å². The highest BCUT2D eigenvalue weighted by Crippen LogP contribution is 2.10. The van der Waals surface area contributed by atoms with Crippen LogP contribution < -0.4 is 0 Å². The molecule has 0 radical (unpaired) electrons. The van der Waals surface area contributed by atoms with Crippen LogP contribution in [-0.4, -0.2) is 42.5 Å². The fourth-order valence-electron chi connectivity index (χ4n) is 2.47. The number of piperazine rings is 1. The first-order valence-electron chi connectivity index (χ1n) is 7.37. The van der Waals surface area contributed by atoms with Gasteiger partial charge in [-0.05, 0) is 19.9 Å². The molecule has 1 aliphatic rings. The SMILES string of the molecule is C=C(C)N1CCN(CCCCCCCC)CC1. The zero-order valence-electron chi connectivity index (χ0n) is 11.9. The van der Waals surface area contributed by atoms with Crippen molar-refractivity contribution in [3.05, 3.63) is 12.3 Å². The van der Waals surface area contributed by atoms with Crippen molar-refractivity contribution in [2.45, 2.75) is 52.4 Å². The third-order valence-corrected chi connectivity index (χ3v) is 3.74. The lowest BCUT2D eigenvalue weighted by molar-refractivity contribution is 0.157. The first-order chi connectivity index (χ1) is 8.24. The van der Waals surface area contributed by atoms with E-state index in [0.29, 0.717) is 0 Å². The molecule has 0 aliphatic carbocycles. The van der Waals surface area contributed by atoms with Crippen molar-refractivity contribution in [2.75, 3.05) is 32.7 Å². The van der Waals surface area contributed by atoms with Gasteiger partial charge >= 0.3 is 0 Å². The second-order valence-corrected chi connectivity index (χ2v) is 5.33. The number of unbranched alkanes of at least 4 members (excludes halogenated alkanes) is 5. The Morgan fingerprint density at radius 1 is 0.941 bits per heavy atom. The Bertz CT molecular complexity index is 205. The van der Waals surface area contributed by atoms with Gasteiger partial charge in [-0.15, -0.1) is 0 Å². The molecular formula is C15H30N2. The van der Waals surface area contributed by atoms with Crippen LogP contribution in [0.2, 0.25) is 0 Å². The maximum Gasteiger partial charge on any atom is 0.0303 e. The van der Waals surface area contributed by atoms with Crippen LogP contribution >= 0.6 is 0 Å². The Balaban J connectivity index is 1.97. The highest BCUT2D eigenvalue weighted by atomic mass is 15.3. The molecule has 100 valence electrons. The molecule has 1 fully saturated rings. The van der Waals surface area contributed by atoms with Crippen LogP contribution in [0.25, 0.3) is 0 Å². The van der Waals surface area contributed by atoms with Crippen molar-refractivity contribution >= 4 is 0 Å². The summed E-state index contributed by atoms with van der Waals surface area (Å²) >= 11 is 0. The molecule has 0 spiro atoms. The average Bonchev–Trinajstić information content (AvgIpc) is 2.34. The van der Waals surface area contributed by atoms with E-state index >= 15 is 0 Å². The fraction of sp³-hybridized carbons (Fsp3) is 0.867. The molecule has 0 bridgehead atoms. The van der Waals surface area contributed by atoms with Gasteiger partial charge in [0.2, 0.25) is 0 Å². The Morgan fingerprint density at radius 2 is 1.53 bits per heavy atom. The molecule has 0 aromatic carbocycles. The number of hydrogen-bond donors (Lipinski definition) is 0. The summed E-state index contributed by atoms with van der Waals surface area (Å²) in [6.07, 6.45) is 8.43. The average molecular weight is 238 g/mol. The quantitative estimate of drug-likeness (QED) is 0.597. The van der Waals surface area contributed by atoms with Gasteiger partial charge in [0.05, 0.1) is 0 Å². The molecule has 1 aliphatic heterocycles. The molecule has 1 saturated heterocycles. The third kappa shape index (κ3) is 6.11. The number of rotatable bonds is 8. The van der Waals surface area contributed by atoms with Crippen molar-refractivity contribution < 1.29 is 0 Å². The molecule has 0 atom stereocenters. The Hall–Kier alpha value is -0.500. The molecule has 1 heterocycles. The van der Waals surface area contributed by atoms with Crippen molar-refractivity contribution in [1.29, 1.82) is 0 Å². The maximum absolute atomic E-state index is 4.02. The van der Waals surface area contributed by atoms with Gasteiger partial charge in [-0.2, -0.15) is 0 Å². The molecule has 17 heavy (non-hydrogen) atoms. The van der Waals surface area contributed by atoms with Crippen LogP contribution in [0.5, 0.6) is 0 Å². The van der Waals surface area contributed by atoms with Crippen LogP contribution in [0, 0.1) is 0 Å². The highest BCUT2D eigenvalue weighted by Gasteiger charge is 2.15. The lowest BCUT2D eigenvalue weighted by Gasteiger charge is -2.36. The van der Waals surface area contributed by atoms with Crippen LogP contribution in [0.15, 0.2) is 12.3 Å². The Labute approximate surface area is 108 Å². The zero-order chi connectivity index (χ0) is 12.5. The van der Waals surface area contributed by atoms with Crippen LogP contribution in [-0.2, 0) is 0 Å². The molecule has 0 amide bonds. The molecule has 0 N–H and O–H groups in total. The lowest BCUT2D eigenvalue weighted by Crippen LogP contribution is -2.45. The monoisotopic (exact) mass is 238 g/mol. The molecule has 2 nitrogen and oxygen atoms in total. The van der Waals surface area contributed by atoms with E-state index in [1.807, 2.05) is 0 Å². The van der Waals surface area contributed by atoms with Gasteiger partial charge in [-0.3, -0.25) is 4.90 Å². The van der Waals surface area contributed by atoms with Gasteiger partial charge in [-0.25, -0.2) is 0 Å². The van der Waals surface area contributed by atoms with E-state index in [9.17, 15) is 0 Å². The van der Waals surface area contributed by atoms with Gasteiger partial charge in [0.1, 0.15) is 0 Å². The van der Waals surface area contributed by atoms with Crippen LogP contribution in [0.1, 0.15) is 52.4 Å². The summed E-state index contributed by atoms with van der Waals surface area (Å²) in [5.74, 6) is 0. The number of nitrogens with zero attached hydrogens (tertiary/aromatic N) is 2. The third-order valence-electron chi connectivity index (χ3n) is 3.74. The molecule has 1 rings (SSSR count). The first-order valence-corrected chi connectivity index (χ1v) is 7.37. The smallest absolute Gasteiger partial charge is 0.0303 e. The second-order valence-electron chi connectivity index (χ2n) is 5.33. The normalized spacial score (nSPS) is 17.4. The predicted molar refractivity (Wildman–Crippen MR) is 76.2 cm³/mol. The fourth-order valence-corrected chi connectivity index (χ4v) is 2.47. The van der Waals surface area contributed by atoms with Crippen molar-refractivity contribution in [2.24, 2.45) is 0 Å². The summed E-state index contributed by atoms with van der Waals surface area (Å²) in [5.41, 5.74) is 1.23. The van der Waals surface area contributed by atoms with Gasteiger partial charge in [0.15, 0.2) is 0 Å². The van der Waals surface area contributed by atoms with Crippen LogP contribution in [0.3, 0.4) is 0 Å². The van der Waals surface area contributed by atoms with Crippen LogP contribution in [0.4, 0.5) is 0 Å². The second kappa shape index (κ2) is 8.57. The van der Waals surface area contributed by atoms with E-state index < -0.39 is 0 Å². The summed E-state index contributed by atoms with van der Waals surface area (Å²) < 4.78 is 0. The van der Waals surface area contributed by atoms with E-state index in [-0.39, 0.29) is 0 Å². The maximum atomic E-state index is 4.02. The largest absolute Gasteiger partial charge is 0.373 e. The molecule has 0 aromatic rings. The van der Waals surface area contributed by atoms with Gasteiger partial charge in [0, 0.05) is 31.9 Å². The standard InChI is InChI=1S/C15H30N2/c1-4-5-6-7-8-9-10-16-11-13-17(14-12-16)15(2)3/h2,4-14H2,1,3H3. The Morgan fingerprint density at radius 3 is 2.12 bits per heavy atom. The molecule has 0 aromatic heterocycles. The van der Waals surface area contributed by atoms with Crippen molar-refractivity contribution in [1.82, 2.24) is 9.80 Å². The minimum absolute atomic E-state index is 1.17. The minimum Gasteiger partial charge on any atom is -0.373 e. The summed E-state index contributed by atoms with van der Waals surface area (Å²) in [4.78, 5) is 5.01. The molecule has 0 saturated carbocycles. The predicted octanol–water partition coefficient (Wildman–Crippen LogP) is 3.50. The topological polar surface area (TPSA) is 6.48 Å². The Kier molecular flexibility index (Phi) is 7.34. The number of hydrogen-bond acceptors (Lipinski definition) is 2. The van der Waals surface area contributed by atoms with Gasteiger partial charge in [0.25, 0.3) is 0 Å². The summed E-state index contributed by atoms with van der Waals surface area (Å²) in [5, 5.41) is 0.